The molecule has 0 spiro atoms. The van der Waals surface area contributed by atoms with Crippen LogP contribution in [0.2, 0.25) is 0 Å². The molecular formula is C11H14N4OS2. The third-order valence-electron chi connectivity index (χ3n) is 2.29. The first-order chi connectivity index (χ1) is 8.60. The van der Waals surface area contributed by atoms with E-state index in [-0.39, 0.29) is 5.91 Å². The Morgan fingerprint density at radius 3 is 2.72 bits per heavy atom. The summed E-state index contributed by atoms with van der Waals surface area (Å²) in [6.07, 6.45) is 0. The number of nitrogens with two attached hydrogens (primary N) is 1. The lowest BCUT2D eigenvalue weighted by atomic mass is 10.2. The highest BCUT2D eigenvalue weighted by atomic mass is 32.1. The molecule has 2 aromatic heterocycles. The summed E-state index contributed by atoms with van der Waals surface area (Å²) in [6.45, 7) is 4.48. The second-order valence-corrected chi connectivity index (χ2v) is 5.82. The van der Waals surface area contributed by atoms with E-state index in [2.05, 4.69) is 29.1 Å². The zero-order valence-electron chi connectivity index (χ0n) is 10.1. The van der Waals surface area contributed by atoms with Gasteiger partial charge in [-0.1, -0.05) is 13.8 Å². The highest BCUT2D eigenvalue weighted by Crippen LogP contribution is 2.22. The molecule has 0 unspecified atom stereocenters. The molecule has 0 aliphatic carbocycles. The van der Waals surface area contributed by atoms with Crippen LogP contribution < -0.4 is 11.1 Å². The number of carbonyl (C=O) groups excluding carboxylic acids is 1. The Hall–Kier alpha value is -1.31. The Kier molecular flexibility index (Phi) is 4.05. The molecule has 0 saturated heterocycles. The first kappa shape index (κ1) is 13.1. The molecule has 7 heteroatoms. The molecule has 1 amide bonds. The molecule has 0 bridgehead atoms. The zero-order chi connectivity index (χ0) is 13.1. The van der Waals surface area contributed by atoms with Crippen LogP contribution in [0.15, 0.2) is 10.8 Å². The Labute approximate surface area is 113 Å². The van der Waals surface area contributed by atoms with Crippen LogP contribution in [-0.2, 0) is 6.54 Å². The lowest BCUT2D eigenvalue weighted by Crippen LogP contribution is -2.12. The van der Waals surface area contributed by atoms with Crippen LogP contribution in [0.1, 0.15) is 41.0 Å². The van der Waals surface area contributed by atoms with Crippen molar-refractivity contribution in [3.63, 3.8) is 0 Å². The van der Waals surface area contributed by atoms with Gasteiger partial charge in [0.05, 0.1) is 5.69 Å². The van der Waals surface area contributed by atoms with Crippen molar-refractivity contribution < 1.29 is 4.79 Å². The Balaban J connectivity index is 2.06. The van der Waals surface area contributed by atoms with Crippen molar-refractivity contribution in [1.29, 1.82) is 0 Å². The van der Waals surface area contributed by atoms with Crippen molar-refractivity contribution in [1.82, 2.24) is 9.97 Å². The summed E-state index contributed by atoms with van der Waals surface area (Å²) in [7, 11) is 0. The van der Waals surface area contributed by atoms with Crippen LogP contribution in [0, 0.1) is 0 Å². The smallest absolute Gasteiger partial charge is 0.276 e. The zero-order valence-corrected chi connectivity index (χ0v) is 11.8. The van der Waals surface area contributed by atoms with Crippen molar-refractivity contribution in [2.24, 2.45) is 5.73 Å². The second-order valence-electron chi connectivity index (χ2n) is 4.02. The third kappa shape index (κ3) is 2.92. The molecule has 2 rings (SSSR count). The Morgan fingerprint density at radius 2 is 2.17 bits per heavy atom. The molecule has 0 aliphatic rings. The first-order valence-corrected chi connectivity index (χ1v) is 7.27. The van der Waals surface area contributed by atoms with Gasteiger partial charge in [-0.15, -0.1) is 22.7 Å². The lowest BCUT2D eigenvalue weighted by molar-refractivity contribution is 0.102. The molecule has 5 nitrogen and oxygen atoms in total. The molecular weight excluding hydrogens is 268 g/mol. The molecule has 18 heavy (non-hydrogen) atoms. The number of amides is 1. The molecule has 96 valence electrons. The molecule has 0 aliphatic heterocycles. The van der Waals surface area contributed by atoms with Crippen molar-refractivity contribution in [3.8, 4) is 0 Å². The fraction of sp³-hybridized carbons (Fsp3) is 0.364. The summed E-state index contributed by atoms with van der Waals surface area (Å²) in [5.74, 6) is 0.116. The number of nitrogens with zero attached hydrogens (tertiary/aromatic N) is 2. The average Bonchev–Trinajstić information content (AvgIpc) is 2.96. The van der Waals surface area contributed by atoms with Crippen LogP contribution in [0.5, 0.6) is 0 Å². The van der Waals surface area contributed by atoms with E-state index in [0.717, 1.165) is 10.7 Å². The van der Waals surface area contributed by atoms with Gasteiger partial charge in [-0.3, -0.25) is 10.1 Å². The number of nitrogens with one attached hydrogen (secondary N) is 1. The molecule has 0 fully saturated rings. The standard InChI is InChI=1S/C11H14N4OS2/c1-6(2)7-4-18-11(14-7)15-10(16)8-5-17-9(3-12)13-8/h4-6H,3,12H2,1-2H3,(H,14,15,16). The number of aromatic nitrogens is 2. The average molecular weight is 282 g/mol. The summed E-state index contributed by atoms with van der Waals surface area (Å²) < 4.78 is 0. The van der Waals surface area contributed by atoms with Crippen LogP contribution >= 0.6 is 22.7 Å². The van der Waals surface area contributed by atoms with E-state index in [1.165, 1.54) is 22.7 Å². The normalized spacial score (nSPS) is 10.9. The third-order valence-corrected chi connectivity index (χ3v) is 3.94. The van der Waals surface area contributed by atoms with Gasteiger partial charge in [0.15, 0.2) is 5.13 Å². The van der Waals surface area contributed by atoms with Crippen LogP contribution in [0.4, 0.5) is 5.13 Å². The molecule has 2 heterocycles. The summed E-state index contributed by atoms with van der Waals surface area (Å²) in [5, 5.41) is 7.75. The largest absolute Gasteiger partial charge is 0.325 e. The van der Waals surface area contributed by atoms with Gasteiger partial charge in [0.2, 0.25) is 0 Å². The van der Waals surface area contributed by atoms with Gasteiger partial charge in [0.1, 0.15) is 10.7 Å². The summed E-state index contributed by atoms with van der Waals surface area (Å²) >= 11 is 2.81. The topological polar surface area (TPSA) is 80.9 Å². The number of rotatable bonds is 4. The molecule has 0 aromatic carbocycles. The summed E-state index contributed by atoms with van der Waals surface area (Å²) in [5.41, 5.74) is 6.83. The number of carbonyl (C=O) groups is 1. The minimum absolute atomic E-state index is 0.240. The fourth-order valence-corrected chi connectivity index (χ4v) is 2.80. The minimum atomic E-state index is -0.240. The highest BCUT2D eigenvalue weighted by molar-refractivity contribution is 7.14. The van der Waals surface area contributed by atoms with Gasteiger partial charge in [-0.25, -0.2) is 9.97 Å². The lowest BCUT2D eigenvalue weighted by Gasteiger charge is -1.99. The maximum Gasteiger partial charge on any atom is 0.276 e. The molecule has 0 saturated carbocycles. The van der Waals surface area contributed by atoms with Gasteiger partial charge < -0.3 is 5.73 Å². The first-order valence-electron chi connectivity index (χ1n) is 5.51. The molecule has 0 atom stereocenters. The maximum absolute atomic E-state index is 11.9. The van der Waals surface area contributed by atoms with Crippen LogP contribution in [0.25, 0.3) is 0 Å². The van der Waals surface area contributed by atoms with E-state index in [9.17, 15) is 4.79 Å². The fourth-order valence-electron chi connectivity index (χ4n) is 1.28. The van der Waals surface area contributed by atoms with Gasteiger partial charge >= 0.3 is 0 Å². The Bertz CT molecular complexity index is 547. The van der Waals surface area contributed by atoms with E-state index < -0.39 is 0 Å². The number of anilines is 1. The predicted octanol–water partition coefficient (Wildman–Crippen LogP) is 2.43. The second kappa shape index (κ2) is 5.55. The maximum atomic E-state index is 11.9. The van der Waals surface area contributed by atoms with Crippen molar-refractivity contribution >= 4 is 33.7 Å². The van der Waals surface area contributed by atoms with Gasteiger partial charge in [-0.2, -0.15) is 0 Å². The van der Waals surface area contributed by atoms with E-state index in [0.29, 0.717) is 23.3 Å². The number of thiazole rings is 2. The van der Waals surface area contributed by atoms with E-state index in [1.807, 2.05) is 5.38 Å². The minimum Gasteiger partial charge on any atom is -0.325 e. The van der Waals surface area contributed by atoms with Gasteiger partial charge in [-0.05, 0) is 5.92 Å². The van der Waals surface area contributed by atoms with E-state index >= 15 is 0 Å². The van der Waals surface area contributed by atoms with Crippen molar-refractivity contribution in [2.45, 2.75) is 26.3 Å². The number of hydrogen-bond acceptors (Lipinski definition) is 6. The van der Waals surface area contributed by atoms with Gasteiger partial charge in [0.25, 0.3) is 5.91 Å². The Morgan fingerprint density at radius 1 is 1.39 bits per heavy atom. The van der Waals surface area contributed by atoms with Crippen molar-refractivity contribution in [3.05, 3.63) is 27.2 Å². The summed E-state index contributed by atoms with van der Waals surface area (Å²) in [6, 6.07) is 0. The van der Waals surface area contributed by atoms with Crippen LogP contribution in [0.3, 0.4) is 0 Å². The predicted molar refractivity (Wildman–Crippen MR) is 74.2 cm³/mol. The quantitative estimate of drug-likeness (QED) is 0.902. The summed E-state index contributed by atoms with van der Waals surface area (Å²) in [4.78, 5) is 20.3. The van der Waals surface area contributed by atoms with Crippen LogP contribution in [-0.4, -0.2) is 15.9 Å². The monoisotopic (exact) mass is 282 g/mol. The van der Waals surface area contributed by atoms with Crippen molar-refractivity contribution in [2.75, 3.05) is 5.32 Å². The molecule has 2 aromatic rings. The molecule has 0 radical (unpaired) electrons. The highest BCUT2D eigenvalue weighted by Gasteiger charge is 2.13. The van der Waals surface area contributed by atoms with Gasteiger partial charge in [0, 0.05) is 17.3 Å². The van der Waals surface area contributed by atoms with E-state index in [4.69, 9.17) is 5.73 Å². The molecule has 3 N–H and O–H groups in total. The number of hydrogen-bond donors (Lipinski definition) is 2. The SMILES string of the molecule is CC(C)c1csc(NC(=O)c2csc(CN)n2)n1. The van der Waals surface area contributed by atoms with E-state index in [1.54, 1.807) is 5.38 Å².